The van der Waals surface area contributed by atoms with Gasteiger partial charge in [-0.1, -0.05) is 12.7 Å². The second kappa shape index (κ2) is 4.70. The fourth-order valence-electron chi connectivity index (χ4n) is 1.40. The summed E-state index contributed by atoms with van der Waals surface area (Å²) in [5.41, 5.74) is 0.778. The summed E-state index contributed by atoms with van der Waals surface area (Å²) in [6.45, 7) is 10.6. The average molecular weight is 236 g/mol. The van der Waals surface area contributed by atoms with E-state index in [4.69, 9.17) is 4.74 Å². The predicted octanol–water partition coefficient (Wildman–Crippen LogP) is 3.73. The molecular formula is C14H17FO2. The van der Waals surface area contributed by atoms with E-state index in [1.54, 1.807) is 33.8 Å². The Morgan fingerprint density at radius 1 is 1.41 bits per heavy atom. The van der Waals surface area contributed by atoms with Gasteiger partial charge in [0.25, 0.3) is 0 Å². The van der Waals surface area contributed by atoms with Gasteiger partial charge in [0.15, 0.2) is 0 Å². The SMILES string of the molecule is C=Cc1cc(C(=O)OC(C)(C)C)c(F)cc1C. The largest absolute Gasteiger partial charge is 0.456 e. The topological polar surface area (TPSA) is 26.3 Å². The number of aryl methyl sites for hydroxylation is 1. The molecule has 0 fully saturated rings. The molecule has 0 radical (unpaired) electrons. The third-order valence-corrected chi connectivity index (χ3v) is 2.19. The van der Waals surface area contributed by atoms with Gasteiger partial charge in [-0.05, 0) is 51.0 Å². The number of hydrogen-bond acceptors (Lipinski definition) is 2. The lowest BCUT2D eigenvalue weighted by Gasteiger charge is -2.20. The summed E-state index contributed by atoms with van der Waals surface area (Å²) in [4.78, 5) is 11.8. The lowest BCUT2D eigenvalue weighted by atomic mass is 10.0. The van der Waals surface area contributed by atoms with Crippen LogP contribution in [0, 0.1) is 12.7 Å². The number of halogens is 1. The van der Waals surface area contributed by atoms with Crippen LogP contribution < -0.4 is 0 Å². The van der Waals surface area contributed by atoms with Crippen LogP contribution in [0.3, 0.4) is 0 Å². The van der Waals surface area contributed by atoms with E-state index in [1.807, 2.05) is 0 Å². The number of hydrogen-bond donors (Lipinski definition) is 0. The molecule has 0 spiro atoms. The van der Waals surface area contributed by atoms with Crippen molar-refractivity contribution in [2.75, 3.05) is 0 Å². The molecule has 0 saturated carbocycles. The highest BCUT2D eigenvalue weighted by molar-refractivity contribution is 5.91. The number of rotatable bonds is 2. The first-order chi connectivity index (χ1) is 7.74. The molecule has 0 saturated heterocycles. The molecule has 2 nitrogen and oxygen atoms in total. The van der Waals surface area contributed by atoms with Crippen molar-refractivity contribution in [1.29, 1.82) is 0 Å². The van der Waals surface area contributed by atoms with E-state index in [0.29, 0.717) is 0 Å². The molecule has 3 heteroatoms. The molecule has 0 aliphatic heterocycles. The van der Waals surface area contributed by atoms with Gasteiger partial charge in [0.1, 0.15) is 11.4 Å². The Morgan fingerprint density at radius 2 is 2.00 bits per heavy atom. The van der Waals surface area contributed by atoms with Gasteiger partial charge in [-0.15, -0.1) is 0 Å². The van der Waals surface area contributed by atoms with Crippen LogP contribution in [0.4, 0.5) is 4.39 Å². The molecule has 0 bridgehead atoms. The molecule has 1 rings (SSSR count). The Bertz CT molecular complexity index is 456. The van der Waals surface area contributed by atoms with Crippen molar-refractivity contribution in [1.82, 2.24) is 0 Å². The first-order valence-electron chi connectivity index (χ1n) is 5.40. The van der Waals surface area contributed by atoms with Gasteiger partial charge in [-0.25, -0.2) is 9.18 Å². The smallest absolute Gasteiger partial charge is 0.341 e. The first-order valence-corrected chi connectivity index (χ1v) is 5.40. The standard InChI is InChI=1S/C14H17FO2/c1-6-10-8-11(12(15)7-9(10)2)13(16)17-14(3,4)5/h6-8H,1H2,2-5H3. The quantitative estimate of drug-likeness (QED) is 0.731. The third kappa shape index (κ3) is 3.41. The molecule has 0 aliphatic rings. The molecule has 0 unspecified atom stereocenters. The molecule has 0 atom stereocenters. The van der Waals surface area contributed by atoms with E-state index in [2.05, 4.69) is 6.58 Å². The lowest BCUT2D eigenvalue weighted by molar-refractivity contribution is 0.00647. The molecule has 0 aliphatic carbocycles. The normalized spacial score (nSPS) is 11.1. The minimum Gasteiger partial charge on any atom is -0.456 e. The molecular weight excluding hydrogens is 219 g/mol. The monoisotopic (exact) mass is 236 g/mol. The van der Waals surface area contributed by atoms with Crippen molar-refractivity contribution >= 4 is 12.0 Å². The summed E-state index contributed by atoms with van der Waals surface area (Å²) < 4.78 is 18.8. The fourth-order valence-corrected chi connectivity index (χ4v) is 1.40. The van der Waals surface area contributed by atoms with Gasteiger partial charge in [-0.3, -0.25) is 0 Å². The van der Waals surface area contributed by atoms with Crippen molar-refractivity contribution in [3.63, 3.8) is 0 Å². The predicted molar refractivity (Wildman–Crippen MR) is 66.4 cm³/mol. The number of carbonyl (C=O) groups excluding carboxylic acids is 1. The van der Waals surface area contributed by atoms with Crippen LogP contribution in [0.5, 0.6) is 0 Å². The van der Waals surface area contributed by atoms with Crippen molar-refractivity contribution in [3.8, 4) is 0 Å². The zero-order chi connectivity index (χ0) is 13.2. The van der Waals surface area contributed by atoms with Gasteiger partial charge in [0, 0.05) is 0 Å². The lowest BCUT2D eigenvalue weighted by Crippen LogP contribution is -2.24. The molecule has 0 amide bonds. The highest BCUT2D eigenvalue weighted by Gasteiger charge is 2.21. The first kappa shape index (κ1) is 13.4. The maximum Gasteiger partial charge on any atom is 0.341 e. The summed E-state index contributed by atoms with van der Waals surface area (Å²) >= 11 is 0. The van der Waals surface area contributed by atoms with Crippen LogP contribution in [0.15, 0.2) is 18.7 Å². The summed E-state index contributed by atoms with van der Waals surface area (Å²) in [6, 6.07) is 2.78. The second-order valence-electron chi connectivity index (χ2n) is 4.89. The van der Waals surface area contributed by atoms with Crippen LogP contribution in [0.25, 0.3) is 6.08 Å². The number of carbonyl (C=O) groups is 1. The van der Waals surface area contributed by atoms with Crippen molar-refractivity contribution in [3.05, 3.63) is 41.2 Å². The van der Waals surface area contributed by atoms with Gasteiger partial charge in [0.2, 0.25) is 0 Å². The van der Waals surface area contributed by atoms with Crippen LogP contribution in [0.1, 0.15) is 42.3 Å². The van der Waals surface area contributed by atoms with Crippen LogP contribution in [-0.4, -0.2) is 11.6 Å². The zero-order valence-electron chi connectivity index (χ0n) is 10.6. The van der Waals surface area contributed by atoms with E-state index in [-0.39, 0.29) is 5.56 Å². The van der Waals surface area contributed by atoms with E-state index < -0.39 is 17.4 Å². The van der Waals surface area contributed by atoms with Gasteiger partial charge >= 0.3 is 5.97 Å². The molecule has 17 heavy (non-hydrogen) atoms. The fraction of sp³-hybridized carbons (Fsp3) is 0.357. The summed E-state index contributed by atoms with van der Waals surface area (Å²) in [7, 11) is 0. The zero-order valence-corrected chi connectivity index (χ0v) is 10.6. The van der Waals surface area contributed by atoms with Crippen LogP contribution in [0.2, 0.25) is 0 Å². The minimum absolute atomic E-state index is 0.0552. The summed E-state index contributed by atoms with van der Waals surface area (Å²) in [5, 5.41) is 0. The number of esters is 1. The Labute approximate surface area is 101 Å². The molecule has 0 heterocycles. The number of ether oxygens (including phenoxy) is 1. The molecule has 1 aromatic rings. The van der Waals surface area contributed by atoms with Crippen LogP contribution in [-0.2, 0) is 4.74 Å². The Kier molecular flexibility index (Phi) is 3.71. The third-order valence-electron chi connectivity index (χ3n) is 2.19. The van der Waals surface area contributed by atoms with E-state index in [1.165, 1.54) is 12.1 Å². The summed E-state index contributed by atoms with van der Waals surface area (Å²) in [5.74, 6) is -1.22. The maximum absolute atomic E-state index is 13.7. The van der Waals surface area contributed by atoms with E-state index in [0.717, 1.165) is 11.1 Å². The Balaban J connectivity index is 3.14. The molecule has 0 aromatic heterocycles. The summed E-state index contributed by atoms with van der Waals surface area (Å²) in [6.07, 6.45) is 1.59. The van der Waals surface area contributed by atoms with Gasteiger partial charge in [0.05, 0.1) is 5.56 Å². The van der Waals surface area contributed by atoms with Crippen molar-refractivity contribution in [2.24, 2.45) is 0 Å². The average Bonchev–Trinajstić information content (AvgIpc) is 2.14. The minimum atomic E-state index is -0.655. The maximum atomic E-state index is 13.7. The Hall–Kier alpha value is -1.64. The number of benzene rings is 1. The van der Waals surface area contributed by atoms with Gasteiger partial charge in [-0.2, -0.15) is 0 Å². The van der Waals surface area contributed by atoms with E-state index >= 15 is 0 Å². The Morgan fingerprint density at radius 3 is 2.47 bits per heavy atom. The van der Waals surface area contributed by atoms with E-state index in [9.17, 15) is 9.18 Å². The second-order valence-corrected chi connectivity index (χ2v) is 4.89. The highest BCUT2D eigenvalue weighted by atomic mass is 19.1. The molecule has 0 N–H and O–H groups in total. The highest BCUT2D eigenvalue weighted by Crippen LogP contribution is 2.19. The molecule has 92 valence electrons. The van der Waals surface area contributed by atoms with Crippen molar-refractivity contribution in [2.45, 2.75) is 33.3 Å². The van der Waals surface area contributed by atoms with Crippen molar-refractivity contribution < 1.29 is 13.9 Å². The molecule has 1 aromatic carbocycles. The van der Waals surface area contributed by atoms with Gasteiger partial charge < -0.3 is 4.74 Å². The van der Waals surface area contributed by atoms with Crippen LogP contribution >= 0.6 is 0 Å².